The van der Waals surface area contributed by atoms with Crippen LogP contribution in [0.2, 0.25) is 5.02 Å². The number of hydrogen-bond donors (Lipinski definition) is 2. The molecule has 0 bridgehead atoms. The molecule has 1 atom stereocenters. The lowest BCUT2D eigenvalue weighted by molar-refractivity contribution is 0.240. The maximum atomic E-state index is 9.63. The van der Waals surface area contributed by atoms with E-state index in [0.29, 0.717) is 5.92 Å². The van der Waals surface area contributed by atoms with E-state index in [9.17, 15) is 5.11 Å². The van der Waals surface area contributed by atoms with E-state index in [1.807, 2.05) is 12.1 Å². The highest BCUT2D eigenvalue weighted by atomic mass is 35.5. The van der Waals surface area contributed by atoms with Gasteiger partial charge in [-0.15, -0.1) is 0 Å². The minimum atomic E-state index is 0.224. The molecule has 1 aromatic rings. The Balaban J connectivity index is 2.16. The van der Waals surface area contributed by atoms with Crippen molar-refractivity contribution >= 4 is 17.3 Å². The van der Waals surface area contributed by atoms with Crippen LogP contribution in [0.5, 0.6) is 0 Å². The highest BCUT2D eigenvalue weighted by Crippen LogP contribution is 2.30. The zero-order chi connectivity index (χ0) is 15.2. The second-order valence-corrected chi connectivity index (χ2v) is 6.76. The molecule has 3 nitrogen and oxygen atoms in total. The van der Waals surface area contributed by atoms with Gasteiger partial charge in [0.25, 0.3) is 0 Å². The Labute approximate surface area is 133 Å². The molecular weight excluding hydrogens is 284 g/mol. The van der Waals surface area contributed by atoms with Gasteiger partial charge >= 0.3 is 0 Å². The van der Waals surface area contributed by atoms with Crippen LogP contribution in [0.3, 0.4) is 0 Å². The minimum absolute atomic E-state index is 0.224. The molecule has 118 valence electrons. The third-order valence-corrected chi connectivity index (χ3v) is 4.29. The highest BCUT2D eigenvalue weighted by Gasteiger charge is 2.23. The molecule has 0 spiro atoms. The van der Waals surface area contributed by atoms with Crippen LogP contribution in [0, 0.1) is 5.92 Å². The van der Waals surface area contributed by atoms with E-state index < -0.39 is 0 Å². The summed E-state index contributed by atoms with van der Waals surface area (Å²) in [6, 6.07) is 6.34. The van der Waals surface area contributed by atoms with Crippen molar-refractivity contribution in [3.63, 3.8) is 0 Å². The molecule has 0 saturated carbocycles. The lowest BCUT2D eigenvalue weighted by Crippen LogP contribution is -2.42. The van der Waals surface area contributed by atoms with E-state index >= 15 is 0 Å². The van der Waals surface area contributed by atoms with E-state index in [4.69, 9.17) is 11.6 Å². The smallest absolute Gasteiger partial charge is 0.0635 e. The van der Waals surface area contributed by atoms with Gasteiger partial charge in [0.2, 0.25) is 0 Å². The number of nitrogens with zero attached hydrogens (tertiary/aromatic N) is 1. The Kier molecular flexibility index (Phi) is 6.34. The summed E-state index contributed by atoms with van der Waals surface area (Å²) in [5.74, 6) is 0.632. The normalized spacial score (nSPS) is 19.3. The van der Waals surface area contributed by atoms with Crippen molar-refractivity contribution < 1.29 is 5.11 Å². The minimum Gasteiger partial charge on any atom is -0.394 e. The van der Waals surface area contributed by atoms with Gasteiger partial charge in [0.05, 0.1) is 12.6 Å². The average molecular weight is 311 g/mol. The topological polar surface area (TPSA) is 35.5 Å². The van der Waals surface area contributed by atoms with Crippen molar-refractivity contribution in [1.82, 2.24) is 5.32 Å². The van der Waals surface area contributed by atoms with Gasteiger partial charge in [-0.2, -0.15) is 0 Å². The number of benzene rings is 1. The first-order valence-electron chi connectivity index (χ1n) is 7.98. The van der Waals surface area contributed by atoms with Crippen molar-refractivity contribution in [3.8, 4) is 0 Å². The predicted molar refractivity (Wildman–Crippen MR) is 90.1 cm³/mol. The number of piperidine rings is 1. The Morgan fingerprint density at radius 2 is 2.19 bits per heavy atom. The summed E-state index contributed by atoms with van der Waals surface area (Å²) >= 11 is 6.17. The Morgan fingerprint density at radius 1 is 1.38 bits per heavy atom. The molecule has 0 aromatic heterocycles. The maximum Gasteiger partial charge on any atom is 0.0635 e. The fourth-order valence-corrected chi connectivity index (χ4v) is 3.17. The summed E-state index contributed by atoms with van der Waals surface area (Å²) < 4.78 is 0. The van der Waals surface area contributed by atoms with Gasteiger partial charge in [-0.25, -0.2) is 0 Å². The van der Waals surface area contributed by atoms with E-state index in [2.05, 4.69) is 30.1 Å². The first-order valence-corrected chi connectivity index (χ1v) is 8.36. The van der Waals surface area contributed by atoms with Crippen LogP contribution in [-0.4, -0.2) is 30.8 Å². The number of nitrogens with one attached hydrogen (secondary N) is 1. The molecule has 1 saturated heterocycles. The molecule has 0 radical (unpaired) electrons. The number of aliphatic hydroxyl groups is 1. The number of hydrogen-bond acceptors (Lipinski definition) is 3. The Hall–Kier alpha value is -0.770. The molecule has 0 amide bonds. The van der Waals surface area contributed by atoms with Crippen LogP contribution in [0.1, 0.15) is 38.7 Å². The lowest BCUT2D eigenvalue weighted by atomic mass is 10.00. The van der Waals surface area contributed by atoms with Crippen molar-refractivity contribution in [1.29, 1.82) is 0 Å². The molecule has 1 aliphatic heterocycles. The summed E-state index contributed by atoms with van der Waals surface area (Å²) in [5, 5.41) is 13.9. The molecule has 0 aliphatic carbocycles. The van der Waals surface area contributed by atoms with E-state index in [0.717, 1.165) is 31.1 Å². The zero-order valence-corrected chi connectivity index (χ0v) is 13.9. The van der Waals surface area contributed by atoms with Gasteiger partial charge in [0, 0.05) is 23.8 Å². The summed E-state index contributed by atoms with van der Waals surface area (Å²) in [6.45, 7) is 7.47. The van der Waals surface area contributed by atoms with Crippen LogP contribution in [0.15, 0.2) is 18.2 Å². The molecule has 1 aliphatic rings. The second kappa shape index (κ2) is 8.02. The largest absolute Gasteiger partial charge is 0.394 e. The van der Waals surface area contributed by atoms with Crippen molar-refractivity contribution in [2.45, 2.75) is 45.7 Å². The van der Waals surface area contributed by atoms with Crippen molar-refractivity contribution in [3.05, 3.63) is 28.8 Å². The third kappa shape index (κ3) is 4.60. The van der Waals surface area contributed by atoms with Crippen LogP contribution < -0.4 is 10.2 Å². The van der Waals surface area contributed by atoms with E-state index in [-0.39, 0.29) is 12.6 Å². The second-order valence-electron chi connectivity index (χ2n) is 6.32. The fraction of sp³-hybridized carbons (Fsp3) is 0.647. The maximum absolute atomic E-state index is 9.63. The molecule has 21 heavy (non-hydrogen) atoms. The molecule has 2 rings (SSSR count). The summed E-state index contributed by atoms with van der Waals surface area (Å²) in [7, 11) is 0. The quantitative estimate of drug-likeness (QED) is 0.845. The molecular formula is C17H27ClN2O. The van der Waals surface area contributed by atoms with Crippen molar-refractivity contribution in [2.75, 3.05) is 24.6 Å². The standard InChI is InChI=1S/C17H27ClN2O/c1-13(2)10-19-11-14-9-15(18)6-7-17(14)20-8-4-3-5-16(20)12-21/h6-7,9,13,16,19,21H,3-5,8,10-12H2,1-2H3. The van der Waals surface area contributed by atoms with Gasteiger partial charge in [-0.1, -0.05) is 25.4 Å². The molecule has 2 N–H and O–H groups in total. The number of aliphatic hydroxyl groups excluding tert-OH is 1. The molecule has 4 heteroatoms. The van der Waals surface area contributed by atoms with Crippen LogP contribution in [0.25, 0.3) is 0 Å². The summed E-state index contributed by atoms with van der Waals surface area (Å²) in [4.78, 5) is 2.35. The molecule has 1 fully saturated rings. The summed E-state index contributed by atoms with van der Waals surface area (Å²) in [6.07, 6.45) is 3.46. The van der Waals surface area contributed by atoms with Gasteiger partial charge < -0.3 is 15.3 Å². The van der Waals surface area contributed by atoms with Crippen LogP contribution in [0.4, 0.5) is 5.69 Å². The third-order valence-electron chi connectivity index (χ3n) is 4.06. The van der Waals surface area contributed by atoms with E-state index in [1.165, 1.54) is 24.1 Å². The Morgan fingerprint density at radius 3 is 2.90 bits per heavy atom. The number of anilines is 1. The monoisotopic (exact) mass is 310 g/mol. The predicted octanol–water partition coefficient (Wildman–Crippen LogP) is 3.44. The molecule has 1 aromatic carbocycles. The van der Waals surface area contributed by atoms with Gasteiger partial charge in [0.1, 0.15) is 0 Å². The molecule has 1 heterocycles. The lowest BCUT2D eigenvalue weighted by Gasteiger charge is -2.38. The number of rotatable bonds is 6. The molecule has 1 unspecified atom stereocenters. The van der Waals surface area contributed by atoms with Crippen LogP contribution in [-0.2, 0) is 6.54 Å². The Bertz CT molecular complexity index is 450. The first kappa shape index (κ1) is 16.6. The van der Waals surface area contributed by atoms with Gasteiger partial charge in [-0.05, 0) is 55.5 Å². The van der Waals surface area contributed by atoms with Gasteiger partial charge in [-0.3, -0.25) is 0 Å². The summed E-state index contributed by atoms with van der Waals surface area (Å²) in [5.41, 5.74) is 2.44. The van der Waals surface area contributed by atoms with Gasteiger partial charge in [0.15, 0.2) is 0 Å². The first-order chi connectivity index (χ1) is 10.1. The number of halogens is 1. The SMILES string of the molecule is CC(C)CNCc1cc(Cl)ccc1N1CCCCC1CO. The van der Waals surface area contributed by atoms with Crippen molar-refractivity contribution in [2.24, 2.45) is 5.92 Å². The highest BCUT2D eigenvalue weighted by molar-refractivity contribution is 6.30. The van der Waals surface area contributed by atoms with Crippen LogP contribution >= 0.6 is 11.6 Å². The zero-order valence-electron chi connectivity index (χ0n) is 13.1. The fourth-order valence-electron chi connectivity index (χ4n) is 2.98. The average Bonchev–Trinajstić information content (AvgIpc) is 2.47. The van der Waals surface area contributed by atoms with E-state index in [1.54, 1.807) is 0 Å².